The van der Waals surface area contributed by atoms with Crippen LogP contribution in [0.5, 0.6) is 5.75 Å². The van der Waals surface area contributed by atoms with Crippen LogP contribution in [0.4, 0.5) is 0 Å². The fourth-order valence-electron chi connectivity index (χ4n) is 1.77. The zero-order chi connectivity index (χ0) is 15.8. The number of aliphatic carboxylic acids is 1. The zero-order valence-electron chi connectivity index (χ0n) is 11.7. The molecule has 0 aliphatic carbocycles. The molecule has 0 atom stereocenters. The normalized spacial score (nSPS) is 9.95. The lowest BCUT2D eigenvalue weighted by molar-refractivity contribution is -0.137. The molecule has 7 nitrogen and oxygen atoms in total. The standard InChI is InChI=1S/C14H18N2O5/c1-2-7-16(8-13(18)19)14(20)10-5-3-4-6-11(10)21-9-12(15)17/h3-6H,2,7-9H2,1H3,(H2,15,17)(H,18,19). The third-order valence-corrected chi connectivity index (χ3v) is 2.59. The summed E-state index contributed by atoms with van der Waals surface area (Å²) in [5.74, 6) is -2.01. The Balaban J connectivity index is 2.98. The summed E-state index contributed by atoms with van der Waals surface area (Å²) < 4.78 is 5.18. The summed E-state index contributed by atoms with van der Waals surface area (Å²) in [5, 5.41) is 8.87. The van der Waals surface area contributed by atoms with E-state index in [2.05, 4.69) is 0 Å². The number of hydrogen-bond donors (Lipinski definition) is 2. The molecular weight excluding hydrogens is 276 g/mol. The highest BCUT2D eigenvalue weighted by atomic mass is 16.5. The molecule has 0 saturated heterocycles. The number of para-hydroxylation sites is 1. The molecule has 1 rings (SSSR count). The average Bonchev–Trinajstić information content (AvgIpc) is 2.43. The number of amides is 2. The molecule has 0 bridgehead atoms. The number of hydrogen-bond acceptors (Lipinski definition) is 4. The molecule has 114 valence electrons. The number of carbonyl (C=O) groups excluding carboxylic acids is 2. The minimum Gasteiger partial charge on any atom is -0.483 e. The summed E-state index contributed by atoms with van der Waals surface area (Å²) in [6.07, 6.45) is 0.628. The summed E-state index contributed by atoms with van der Waals surface area (Å²) >= 11 is 0. The van der Waals surface area contributed by atoms with Crippen LogP contribution in [0.15, 0.2) is 24.3 Å². The molecule has 1 aromatic rings. The van der Waals surface area contributed by atoms with Gasteiger partial charge in [0.2, 0.25) is 0 Å². The predicted molar refractivity (Wildman–Crippen MR) is 75.0 cm³/mol. The zero-order valence-corrected chi connectivity index (χ0v) is 11.7. The SMILES string of the molecule is CCCN(CC(=O)O)C(=O)c1ccccc1OCC(N)=O. The van der Waals surface area contributed by atoms with Crippen LogP contribution in [0, 0.1) is 0 Å². The number of carboxylic acids is 1. The van der Waals surface area contributed by atoms with E-state index < -0.39 is 24.3 Å². The quantitative estimate of drug-likeness (QED) is 0.725. The van der Waals surface area contributed by atoms with Crippen LogP contribution >= 0.6 is 0 Å². The average molecular weight is 294 g/mol. The monoisotopic (exact) mass is 294 g/mol. The molecule has 0 aliphatic rings. The molecule has 0 saturated carbocycles. The number of rotatable bonds is 8. The number of carbonyl (C=O) groups is 3. The number of primary amides is 1. The minimum atomic E-state index is -1.09. The molecule has 0 radical (unpaired) electrons. The molecule has 0 heterocycles. The van der Waals surface area contributed by atoms with Crippen LogP contribution in [-0.2, 0) is 9.59 Å². The highest BCUT2D eigenvalue weighted by Gasteiger charge is 2.21. The molecule has 2 amide bonds. The predicted octanol–water partition coefficient (Wildman–Crippen LogP) is 0.488. The number of ether oxygens (including phenoxy) is 1. The number of benzene rings is 1. The van der Waals surface area contributed by atoms with E-state index in [-0.39, 0.29) is 17.9 Å². The maximum atomic E-state index is 12.4. The van der Waals surface area contributed by atoms with E-state index in [9.17, 15) is 14.4 Å². The van der Waals surface area contributed by atoms with E-state index in [1.54, 1.807) is 12.1 Å². The van der Waals surface area contributed by atoms with Gasteiger partial charge in [0.05, 0.1) is 5.56 Å². The van der Waals surface area contributed by atoms with Gasteiger partial charge < -0.3 is 20.5 Å². The first kappa shape index (κ1) is 16.5. The number of carboxylic acid groups (broad SMARTS) is 1. The van der Waals surface area contributed by atoms with Gasteiger partial charge in [0.1, 0.15) is 12.3 Å². The van der Waals surface area contributed by atoms with E-state index in [0.29, 0.717) is 13.0 Å². The maximum Gasteiger partial charge on any atom is 0.323 e. The molecule has 0 aliphatic heterocycles. The van der Waals surface area contributed by atoms with E-state index in [0.717, 1.165) is 0 Å². The lowest BCUT2D eigenvalue weighted by Crippen LogP contribution is -2.36. The van der Waals surface area contributed by atoms with Crippen molar-refractivity contribution in [1.29, 1.82) is 0 Å². The summed E-state index contributed by atoms with van der Waals surface area (Å²) in [4.78, 5) is 35.2. The van der Waals surface area contributed by atoms with Gasteiger partial charge in [-0.25, -0.2) is 0 Å². The second kappa shape index (κ2) is 7.88. The Bertz CT molecular complexity index is 530. The van der Waals surface area contributed by atoms with Crippen molar-refractivity contribution in [2.24, 2.45) is 5.73 Å². The van der Waals surface area contributed by atoms with Crippen molar-refractivity contribution < 1.29 is 24.2 Å². The molecule has 3 N–H and O–H groups in total. The van der Waals surface area contributed by atoms with Gasteiger partial charge in [0.25, 0.3) is 11.8 Å². The van der Waals surface area contributed by atoms with Crippen LogP contribution in [0.25, 0.3) is 0 Å². The van der Waals surface area contributed by atoms with Gasteiger partial charge in [-0.1, -0.05) is 19.1 Å². The third kappa shape index (κ3) is 5.13. The first-order valence-electron chi connectivity index (χ1n) is 6.47. The van der Waals surface area contributed by atoms with Crippen molar-refractivity contribution in [2.45, 2.75) is 13.3 Å². The Morgan fingerprint density at radius 3 is 2.52 bits per heavy atom. The van der Waals surface area contributed by atoms with Crippen molar-refractivity contribution in [1.82, 2.24) is 4.90 Å². The van der Waals surface area contributed by atoms with Crippen molar-refractivity contribution >= 4 is 17.8 Å². The molecule has 0 spiro atoms. The van der Waals surface area contributed by atoms with Crippen LogP contribution in [0.1, 0.15) is 23.7 Å². The summed E-state index contributed by atoms with van der Waals surface area (Å²) in [6.45, 7) is 1.42. The summed E-state index contributed by atoms with van der Waals surface area (Å²) in [7, 11) is 0. The summed E-state index contributed by atoms with van der Waals surface area (Å²) in [6, 6.07) is 6.33. The van der Waals surface area contributed by atoms with E-state index in [1.807, 2.05) is 6.92 Å². The van der Waals surface area contributed by atoms with Gasteiger partial charge in [-0.05, 0) is 18.6 Å². The van der Waals surface area contributed by atoms with Crippen molar-refractivity contribution in [2.75, 3.05) is 19.7 Å². The number of nitrogens with two attached hydrogens (primary N) is 1. The minimum absolute atomic E-state index is 0.202. The third-order valence-electron chi connectivity index (χ3n) is 2.59. The van der Waals surface area contributed by atoms with Gasteiger partial charge in [0, 0.05) is 6.54 Å². The fourth-order valence-corrected chi connectivity index (χ4v) is 1.77. The highest BCUT2D eigenvalue weighted by molar-refractivity contribution is 5.98. The fraction of sp³-hybridized carbons (Fsp3) is 0.357. The van der Waals surface area contributed by atoms with Crippen molar-refractivity contribution in [3.05, 3.63) is 29.8 Å². The Kier molecular flexibility index (Phi) is 6.19. The first-order valence-corrected chi connectivity index (χ1v) is 6.47. The molecule has 0 fully saturated rings. The summed E-state index contributed by atoms with van der Waals surface area (Å²) in [5.41, 5.74) is 5.21. The van der Waals surface area contributed by atoms with Gasteiger partial charge in [-0.3, -0.25) is 14.4 Å². The number of nitrogens with zero attached hydrogens (tertiary/aromatic N) is 1. The lowest BCUT2D eigenvalue weighted by atomic mass is 10.1. The Hall–Kier alpha value is -2.57. The van der Waals surface area contributed by atoms with E-state index >= 15 is 0 Å². The first-order chi connectivity index (χ1) is 9.95. The topological polar surface area (TPSA) is 110 Å². The lowest BCUT2D eigenvalue weighted by Gasteiger charge is -2.21. The van der Waals surface area contributed by atoms with Gasteiger partial charge >= 0.3 is 5.97 Å². The van der Waals surface area contributed by atoms with Crippen molar-refractivity contribution in [3.63, 3.8) is 0 Å². The van der Waals surface area contributed by atoms with Gasteiger partial charge in [-0.2, -0.15) is 0 Å². The van der Waals surface area contributed by atoms with Gasteiger partial charge in [-0.15, -0.1) is 0 Å². The second-order valence-corrected chi connectivity index (χ2v) is 4.37. The highest BCUT2D eigenvalue weighted by Crippen LogP contribution is 2.20. The van der Waals surface area contributed by atoms with Crippen LogP contribution in [0.3, 0.4) is 0 Å². The van der Waals surface area contributed by atoms with Crippen molar-refractivity contribution in [3.8, 4) is 5.75 Å². The smallest absolute Gasteiger partial charge is 0.323 e. The largest absolute Gasteiger partial charge is 0.483 e. The Morgan fingerprint density at radius 1 is 1.29 bits per heavy atom. The molecular formula is C14H18N2O5. The van der Waals surface area contributed by atoms with Crippen LogP contribution < -0.4 is 10.5 Å². The van der Waals surface area contributed by atoms with Crippen LogP contribution in [0.2, 0.25) is 0 Å². The Morgan fingerprint density at radius 2 is 1.95 bits per heavy atom. The van der Waals surface area contributed by atoms with Gasteiger partial charge in [0.15, 0.2) is 6.61 Å². The van der Waals surface area contributed by atoms with E-state index in [1.165, 1.54) is 17.0 Å². The molecule has 7 heteroatoms. The van der Waals surface area contributed by atoms with E-state index in [4.69, 9.17) is 15.6 Å². The second-order valence-electron chi connectivity index (χ2n) is 4.37. The molecule has 21 heavy (non-hydrogen) atoms. The Labute approximate surface area is 122 Å². The maximum absolute atomic E-state index is 12.4. The molecule has 0 unspecified atom stereocenters. The molecule has 1 aromatic carbocycles. The van der Waals surface area contributed by atoms with Crippen LogP contribution in [-0.4, -0.2) is 47.5 Å². The molecule has 0 aromatic heterocycles.